The van der Waals surface area contributed by atoms with Gasteiger partial charge in [-0.15, -0.1) is 0 Å². The van der Waals surface area contributed by atoms with Gasteiger partial charge >= 0.3 is 0 Å². The van der Waals surface area contributed by atoms with E-state index in [0.717, 1.165) is 11.3 Å². The molecular weight excluding hydrogens is 242 g/mol. The molecule has 100 valence electrons. The normalized spacial score (nSPS) is 10.4. The van der Waals surface area contributed by atoms with Gasteiger partial charge in [0.2, 0.25) is 5.91 Å². The molecule has 0 unspecified atom stereocenters. The number of rotatable bonds is 6. The molecule has 0 bridgehead atoms. The number of carbonyl (C=O) groups excluding carboxylic acids is 1. The van der Waals surface area contributed by atoms with Crippen LogP contribution in [0.25, 0.3) is 5.69 Å². The van der Waals surface area contributed by atoms with Crippen molar-refractivity contribution in [2.75, 3.05) is 13.2 Å². The van der Waals surface area contributed by atoms with Crippen LogP contribution in [-0.4, -0.2) is 28.7 Å². The second-order valence-electron chi connectivity index (χ2n) is 4.01. The molecule has 0 aliphatic rings. The second-order valence-corrected chi connectivity index (χ2v) is 4.01. The van der Waals surface area contributed by atoms with E-state index >= 15 is 0 Å². The van der Waals surface area contributed by atoms with E-state index in [1.807, 2.05) is 42.0 Å². The number of carbonyl (C=O) groups is 1. The zero-order chi connectivity index (χ0) is 13.5. The lowest BCUT2D eigenvalue weighted by Gasteiger charge is -2.11. The molecule has 0 aliphatic heterocycles. The van der Waals surface area contributed by atoms with Crippen molar-refractivity contribution < 1.29 is 9.53 Å². The molecule has 0 spiro atoms. The standard InChI is InChI=1S/C14H17N3O2/c1-2-19-10-14(18)16-9-12-5-3-4-6-13(12)17-8-7-15-11-17/h3-8,11H,2,9-10H2,1H3,(H,16,18). The first-order chi connectivity index (χ1) is 9.31. The Morgan fingerprint density at radius 3 is 3.00 bits per heavy atom. The molecule has 5 heteroatoms. The summed E-state index contributed by atoms with van der Waals surface area (Å²) in [5.41, 5.74) is 2.04. The molecule has 1 N–H and O–H groups in total. The van der Waals surface area contributed by atoms with E-state index in [2.05, 4.69) is 10.3 Å². The molecule has 0 radical (unpaired) electrons. The lowest BCUT2D eigenvalue weighted by molar-refractivity contribution is -0.125. The quantitative estimate of drug-likeness (QED) is 0.855. The van der Waals surface area contributed by atoms with E-state index in [9.17, 15) is 4.79 Å². The predicted molar refractivity (Wildman–Crippen MR) is 71.9 cm³/mol. The first-order valence-corrected chi connectivity index (χ1v) is 6.22. The highest BCUT2D eigenvalue weighted by Crippen LogP contribution is 2.13. The molecule has 1 aromatic heterocycles. The Balaban J connectivity index is 2.03. The number of ether oxygens (including phenoxy) is 1. The van der Waals surface area contributed by atoms with Crippen LogP contribution in [0.5, 0.6) is 0 Å². The van der Waals surface area contributed by atoms with Crippen LogP contribution in [0.4, 0.5) is 0 Å². The van der Waals surface area contributed by atoms with E-state index in [4.69, 9.17) is 4.74 Å². The minimum atomic E-state index is -0.109. The van der Waals surface area contributed by atoms with Crippen molar-refractivity contribution in [1.29, 1.82) is 0 Å². The third kappa shape index (κ3) is 3.66. The van der Waals surface area contributed by atoms with Crippen molar-refractivity contribution in [3.63, 3.8) is 0 Å². The first kappa shape index (κ1) is 13.3. The lowest BCUT2D eigenvalue weighted by atomic mass is 10.1. The van der Waals surface area contributed by atoms with Crippen molar-refractivity contribution in [3.05, 3.63) is 48.5 Å². The molecule has 5 nitrogen and oxygen atoms in total. The lowest BCUT2D eigenvalue weighted by Crippen LogP contribution is -2.27. The molecule has 1 amide bonds. The van der Waals surface area contributed by atoms with Gasteiger partial charge in [-0.3, -0.25) is 4.79 Å². The molecule has 0 atom stereocenters. The zero-order valence-electron chi connectivity index (χ0n) is 10.9. The SMILES string of the molecule is CCOCC(=O)NCc1ccccc1-n1ccnc1. The van der Waals surface area contributed by atoms with Gasteiger partial charge in [0.05, 0.1) is 12.0 Å². The van der Waals surface area contributed by atoms with Crippen LogP contribution in [0, 0.1) is 0 Å². The van der Waals surface area contributed by atoms with Crippen molar-refractivity contribution in [2.45, 2.75) is 13.5 Å². The van der Waals surface area contributed by atoms with Gasteiger partial charge in [0.1, 0.15) is 6.61 Å². The Hall–Kier alpha value is -2.14. The molecule has 19 heavy (non-hydrogen) atoms. The van der Waals surface area contributed by atoms with Crippen LogP contribution in [-0.2, 0) is 16.1 Å². The number of hydrogen-bond donors (Lipinski definition) is 1. The van der Waals surface area contributed by atoms with Crippen LogP contribution in [0.15, 0.2) is 43.0 Å². The van der Waals surface area contributed by atoms with Gasteiger partial charge in [0.15, 0.2) is 0 Å². The Morgan fingerprint density at radius 2 is 2.26 bits per heavy atom. The molecule has 0 saturated carbocycles. The number of imidazole rings is 1. The zero-order valence-corrected chi connectivity index (χ0v) is 10.9. The maximum absolute atomic E-state index is 11.5. The fraction of sp³-hybridized carbons (Fsp3) is 0.286. The van der Waals surface area contributed by atoms with E-state index in [1.54, 1.807) is 12.5 Å². The van der Waals surface area contributed by atoms with Gasteiger partial charge in [0, 0.05) is 25.5 Å². The third-order valence-corrected chi connectivity index (χ3v) is 2.69. The van der Waals surface area contributed by atoms with Gasteiger partial charge in [-0.05, 0) is 18.6 Å². The molecule has 1 aromatic carbocycles. The molecule has 2 rings (SSSR count). The van der Waals surface area contributed by atoms with Crippen LogP contribution in [0.2, 0.25) is 0 Å². The minimum Gasteiger partial charge on any atom is -0.372 e. The fourth-order valence-electron chi connectivity index (χ4n) is 1.75. The minimum absolute atomic E-state index is 0.101. The average Bonchev–Trinajstić information content (AvgIpc) is 2.97. The number of nitrogens with one attached hydrogen (secondary N) is 1. The van der Waals surface area contributed by atoms with Crippen molar-refractivity contribution >= 4 is 5.91 Å². The van der Waals surface area contributed by atoms with E-state index in [0.29, 0.717) is 13.2 Å². The number of para-hydroxylation sites is 1. The van der Waals surface area contributed by atoms with E-state index < -0.39 is 0 Å². The monoisotopic (exact) mass is 259 g/mol. The van der Waals surface area contributed by atoms with Crippen LogP contribution in [0.1, 0.15) is 12.5 Å². The summed E-state index contributed by atoms with van der Waals surface area (Å²) in [5, 5.41) is 2.84. The largest absolute Gasteiger partial charge is 0.372 e. The highest BCUT2D eigenvalue weighted by Gasteiger charge is 2.05. The third-order valence-electron chi connectivity index (χ3n) is 2.69. The summed E-state index contributed by atoms with van der Waals surface area (Å²) < 4.78 is 6.98. The molecule has 0 aliphatic carbocycles. The number of amides is 1. The van der Waals surface area contributed by atoms with Crippen molar-refractivity contribution in [2.24, 2.45) is 0 Å². The Kier molecular flexibility index (Phi) is 4.69. The van der Waals surface area contributed by atoms with Crippen LogP contribution < -0.4 is 5.32 Å². The summed E-state index contributed by atoms with van der Waals surface area (Å²) in [4.78, 5) is 15.5. The summed E-state index contributed by atoms with van der Waals surface area (Å²) in [6.45, 7) is 2.98. The number of nitrogens with zero attached hydrogens (tertiary/aromatic N) is 2. The summed E-state index contributed by atoms with van der Waals surface area (Å²) in [6.07, 6.45) is 5.34. The molecule has 0 saturated heterocycles. The van der Waals surface area contributed by atoms with Gasteiger partial charge < -0.3 is 14.6 Å². The maximum Gasteiger partial charge on any atom is 0.246 e. The van der Waals surface area contributed by atoms with Crippen molar-refractivity contribution in [1.82, 2.24) is 14.9 Å². The molecule has 0 fully saturated rings. The fourth-order valence-corrected chi connectivity index (χ4v) is 1.75. The molecule has 1 heterocycles. The average molecular weight is 259 g/mol. The summed E-state index contributed by atoms with van der Waals surface area (Å²) >= 11 is 0. The highest BCUT2D eigenvalue weighted by molar-refractivity contribution is 5.77. The molecule has 2 aromatic rings. The number of hydrogen-bond acceptors (Lipinski definition) is 3. The summed E-state index contributed by atoms with van der Waals surface area (Å²) in [7, 11) is 0. The Morgan fingerprint density at radius 1 is 1.42 bits per heavy atom. The topological polar surface area (TPSA) is 56.1 Å². The smallest absolute Gasteiger partial charge is 0.246 e. The van der Waals surface area contributed by atoms with Gasteiger partial charge in [-0.25, -0.2) is 4.98 Å². The maximum atomic E-state index is 11.5. The van der Waals surface area contributed by atoms with Crippen LogP contribution in [0.3, 0.4) is 0 Å². The molecular formula is C14H17N3O2. The first-order valence-electron chi connectivity index (χ1n) is 6.22. The van der Waals surface area contributed by atoms with Gasteiger partial charge in [-0.1, -0.05) is 18.2 Å². The van der Waals surface area contributed by atoms with E-state index in [1.165, 1.54) is 0 Å². The summed E-state index contributed by atoms with van der Waals surface area (Å²) in [5.74, 6) is -0.109. The van der Waals surface area contributed by atoms with Gasteiger partial charge in [-0.2, -0.15) is 0 Å². The second kappa shape index (κ2) is 6.70. The number of benzene rings is 1. The van der Waals surface area contributed by atoms with Gasteiger partial charge in [0.25, 0.3) is 0 Å². The predicted octanol–water partition coefficient (Wildman–Crippen LogP) is 1.52. The van der Waals surface area contributed by atoms with E-state index in [-0.39, 0.29) is 12.5 Å². The highest BCUT2D eigenvalue weighted by atomic mass is 16.5. The summed E-state index contributed by atoms with van der Waals surface area (Å²) in [6, 6.07) is 7.88. The Bertz CT molecular complexity index is 523. The van der Waals surface area contributed by atoms with Crippen LogP contribution >= 0.6 is 0 Å². The van der Waals surface area contributed by atoms with Crippen molar-refractivity contribution in [3.8, 4) is 5.69 Å². The Labute approximate surface area is 112 Å². The number of aromatic nitrogens is 2.